The number of rotatable bonds is 5. The van der Waals surface area contributed by atoms with Crippen LogP contribution in [0.1, 0.15) is 23.6 Å². The molecule has 5 nitrogen and oxygen atoms in total. The molecule has 1 amide bonds. The molecule has 128 valence electrons. The zero-order valence-electron chi connectivity index (χ0n) is 13.9. The molecule has 1 aromatic heterocycles. The quantitative estimate of drug-likeness (QED) is 0.730. The van der Waals surface area contributed by atoms with Gasteiger partial charge in [0.1, 0.15) is 16.9 Å². The minimum Gasteiger partial charge on any atom is -0.497 e. The van der Waals surface area contributed by atoms with Crippen LogP contribution in [0.25, 0.3) is 11.3 Å². The van der Waals surface area contributed by atoms with E-state index in [2.05, 4.69) is 10.3 Å². The molecule has 2 N–H and O–H groups in total. The van der Waals surface area contributed by atoms with Crippen LogP contribution in [-0.2, 0) is 4.79 Å². The summed E-state index contributed by atoms with van der Waals surface area (Å²) in [6.45, 7) is 1.47. The number of ether oxygens (including phenoxy) is 1. The lowest BCUT2D eigenvalue weighted by molar-refractivity contribution is -0.114. The molecule has 2 aromatic carbocycles. The molecule has 3 rings (SSSR count). The highest BCUT2D eigenvalue weighted by Crippen LogP contribution is 2.30. The minimum atomic E-state index is -0.789. The zero-order valence-corrected chi connectivity index (χ0v) is 14.7. The fourth-order valence-electron chi connectivity index (χ4n) is 2.43. The van der Waals surface area contributed by atoms with E-state index in [4.69, 9.17) is 4.74 Å². The summed E-state index contributed by atoms with van der Waals surface area (Å²) < 4.78 is 5.13. The Bertz CT molecular complexity index is 874. The van der Waals surface area contributed by atoms with Crippen LogP contribution >= 0.6 is 11.3 Å². The van der Waals surface area contributed by atoms with Gasteiger partial charge in [0.05, 0.1) is 12.8 Å². The second kappa shape index (κ2) is 7.46. The Morgan fingerprint density at radius 3 is 2.68 bits per heavy atom. The van der Waals surface area contributed by atoms with E-state index in [1.54, 1.807) is 7.11 Å². The van der Waals surface area contributed by atoms with Crippen molar-refractivity contribution in [3.63, 3.8) is 0 Å². The van der Waals surface area contributed by atoms with E-state index >= 15 is 0 Å². The molecule has 6 heteroatoms. The Hall–Kier alpha value is -2.70. The number of aliphatic hydroxyl groups excluding tert-OH is 1. The molecule has 1 heterocycles. The van der Waals surface area contributed by atoms with Gasteiger partial charge in [0, 0.05) is 23.6 Å². The van der Waals surface area contributed by atoms with Gasteiger partial charge < -0.3 is 15.2 Å². The summed E-state index contributed by atoms with van der Waals surface area (Å²) >= 11 is 1.40. The molecule has 0 spiro atoms. The molecular formula is C19H18N2O3S. The molecule has 0 radical (unpaired) electrons. The number of carbonyl (C=O) groups is 1. The molecule has 0 aliphatic rings. The van der Waals surface area contributed by atoms with Crippen LogP contribution in [-0.4, -0.2) is 23.1 Å². The number of amides is 1. The molecule has 0 saturated carbocycles. The van der Waals surface area contributed by atoms with Crippen LogP contribution in [0, 0.1) is 0 Å². The first kappa shape index (κ1) is 17.1. The van der Waals surface area contributed by atoms with Crippen molar-refractivity contribution in [2.75, 3.05) is 12.4 Å². The molecule has 25 heavy (non-hydrogen) atoms. The third kappa shape index (κ3) is 4.04. The first-order valence-corrected chi connectivity index (χ1v) is 8.60. The fourth-order valence-corrected chi connectivity index (χ4v) is 3.27. The Labute approximate surface area is 149 Å². The van der Waals surface area contributed by atoms with Crippen molar-refractivity contribution in [1.29, 1.82) is 0 Å². The van der Waals surface area contributed by atoms with Crippen LogP contribution in [0.15, 0.2) is 53.9 Å². The Morgan fingerprint density at radius 1 is 1.24 bits per heavy atom. The van der Waals surface area contributed by atoms with Crippen LogP contribution in [0.5, 0.6) is 5.75 Å². The van der Waals surface area contributed by atoms with Crippen molar-refractivity contribution >= 4 is 22.9 Å². The average molecular weight is 354 g/mol. The number of thiazole rings is 1. The second-order valence-electron chi connectivity index (χ2n) is 5.51. The van der Waals surface area contributed by atoms with E-state index in [0.717, 1.165) is 28.3 Å². The predicted molar refractivity (Wildman–Crippen MR) is 98.9 cm³/mol. The lowest BCUT2D eigenvalue weighted by atomic mass is 10.1. The topological polar surface area (TPSA) is 71.5 Å². The molecule has 0 saturated heterocycles. The molecule has 1 atom stereocenters. The molecular weight excluding hydrogens is 336 g/mol. The molecule has 1 unspecified atom stereocenters. The van der Waals surface area contributed by atoms with E-state index in [9.17, 15) is 9.90 Å². The van der Waals surface area contributed by atoms with Gasteiger partial charge in [-0.15, -0.1) is 11.3 Å². The molecule has 0 fully saturated rings. The molecule has 0 bridgehead atoms. The van der Waals surface area contributed by atoms with Gasteiger partial charge in [-0.2, -0.15) is 0 Å². The number of carbonyl (C=O) groups excluding carboxylic acids is 1. The zero-order chi connectivity index (χ0) is 17.8. The van der Waals surface area contributed by atoms with Gasteiger partial charge >= 0.3 is 0 Å². The first-order valence-electron chi connectivity index (χ1n) is 7.72. The normalized spacial score (nSPS) is 11.8. The van der Waals surface area contributed by atoms with Gasteiger partial charge in [-0.05, 0) is 29.8 Å². The third-order valence-electron chi connectivity index (χ3n) is 3.67. The summed E-state index contributed by atoms with van der Waals surface area (Å²) in [7, 11) is 1.60. The minimum absolute atomic E-state index is 0.119. The molecule has 0 aliphatic heterocycles. The standard InChI is InChI=1S/C19H18N2O3S/c1-12(22)20-15-5-3-4-14(10-15)17-11-25-19(21-17)18(23)13-6-8-16(24-2)9-7-13/h3-11,18,23H,1-2H3,(H,20,22). The number of nitrogens with one attached hydrogen (secondary N) is 1. The highest BCUT2D eigenvalue weighted by molar-refractivity contribution is 7.10. The highest BCUT2D eigenvalue weighted by atomic mass is 32.1. The maximum Gasteiger partial charge on any atom is 0.221 e. The lowest BCUT2D eigenvalue weighted by Crippen LogP contribution is -2.05. The maximum absolute atomic E-state index is 11.2. The van der Waals surface area contributed by atoms with E-state index in [-0.39, 0.29) is 5.91 Å². The average Bonchev–Trinajstić information content (AvgIpc) is 3.11. The number of aromatic nitrogens is 1. The summed E-state index contributed by atoms with van der Waals surface area (Å²) in [6.07, 6.45) is -0.789. The van der Waals surface area contributed by atoms with E-state index < -0.39 is 6.10 Å². The lowest BCUT2D eigenvalue weighted by Gasteiger charge is -2.08. The number of nitrogens with zero attached hydrogens (tertiary/aromatic N) is 1. The van der Waals surface area contributed by atoms with Crippen molar-refractivity contribution in [3.05, 3.63) is 64.5 Å². The van der Waals surface area contributed by atoms with Gasteiger partial charge in [-0.1, -0.05) is 24.3 Å². The highest BCUT2D eigenvalue weighted by Gasteiger charge is 2.15. The number of aliphatic hydroxyl groups is 1. The Balaban J connectivity index is 1.82. The van der Waals surface area contributed by atoms with Crippen LogP contribution in [0.3, 0.4) is 0 Å². The van der Waals surface area contributed by atoms with Gasteiger partial charge in [-0.3, -0.25) is 4.79 Å². The van der Waals surface area contributed by atoms with Crippen molar-refractivity contribution in [3.8, 4) is 17.0 Å². The number of hydrogen-bond donors (Lipinski definition) is 2. The van der Waals surface area contributed by atoms with Crippen molar-refractivity contribution in [2.45, 2.75) is 13.0 Å². The van der Waals surface area contributed by atoms with Crippen molar-refractivity contribution in [1.82, 2.24) is 4.98 Å². The number of anilines is 1. The number of methoxy groups -OCH3 is 1. The summed E-state index contributed by atoms with van der Waals surface area (Å²) in [5.41, 5.74) is 3.12. The van der Waals surface area contributed by atoms with Crippen LogP contribution in [0.2, 0.25) is 0 Å². The second-order valence-corrected chi connectivity index (χ2v) is 6.40. The monoisotopic (exact) mass is 354 g/mol. The largest absolute Gasteiger partial charge is 0.497 e. The summed E-state index contributed by atoms with van der Waals surface area (Å²) in [4.78, 5) is 15.7. The number of hydrogen-bond acceptors (Lipinski definition) is 5. The van der Waals surface area contributed by atoms with E-state index in [1.807, 2.05) is 53.9 Å². The Kier molecular flexibility index (Phi) is 5.11. The van der Waals surface area contributed by atoms with Gasteiger partial charge in [0.2, 0.25) is 5.91 Å². The summed E-state index contributed by atoms with van der Waals surface area (Å²) in [6, 6.07) is 14.7. The number of benzene rings is 2. The first-order chi connectivity index (χ1) is 12.1. The SMILES string of the molecule is COc1ccc(C(O)c2nc(-c3cccc(NC(C)=O)c3)cs2)cc1. The van der Waals surface area contributed by atoms with Crippen LogP contribution in [0.4, 0.5) is 5.69 Å². The van der Waals surface area contributed by atoms with Gasteiger partial charge in [0.15, 0.2) is 0 Å². The predicted octanol–water partition coefficient (Wildman–Crippen LogP) is 3.86. The van der Waals surface area contributed by atoms with Crippen molar-refractivity contribution < 1.29 is 14.6 Å². The summed E-state index contributed by atoms with van der Waals surface area (Å²) in [5.74, 6) is 0.622. The smallest absolute Gasteiger partial charge is 0.221 e. The van der Waals surface area contributed by atoms with Crippen LogP contribution < -0.4 is 10.1 Å². The maximum atomic E-state index is 11.2. The van der Waals surface area contributed by atoms with Gasteiger partial charge in [0.25, 0.3) is 0 Å². The van der Waals surface area contributed by atoms with E-state index in [0.29, 0.717) is 5.01 Å². The molecule has 0 aliphatic carbocycles. The Morgan fingerprint density at radius 2 is 2.00 bits per heavy atom. The summed E-state index contributed by atoms with van der Waals surface area (Å²) in [5, 5.41) is 15.8. The third-order valence-corrected chi connectivity index (χ3v) is 4.56. The van der Waals surface area contributed by atoms with Crippen molar-refractivity contribution in [2.24, 2.45) is 0 Å². The fraction of sp³-hybridized carbons (Fsp3) is 0.158. The molecule has 3 aromatic rings. The van der Waals surface area contributed by atoms with Gasteiger partial charge in [-0.25, -0.2) is 4.98 Å². The van der Waals surface area contributed by atoms with E-state index in [1.165, 1.54) is 18.3 Å².